The highest BCUT2D eigenvalue weighted by atomic mass is 19.1. The Balaban J connectivity index is 1.78. The highest BCUT2D eigenvalue weighted by Gasteiger charge is 2.22. The van der Waals surface area contributed by atoms with Gasteiger partial charge in [0, 0.05) is 36.8 Å². The fourth-order valence-corrected chi connectivity index (χ4v) is 3.74. The number of pyridine rings is 1. The molecule has 8 heteroatoms. The third kappa shape index (κ3) is 3.80. The lowest BCUT2D eigenvalue weighted by atomic mass is 10.1. The van der Waals surface area contributed by atoms with E-state index in [0.717, 1.165) is 24.9 Å². The Bertz CT molecular complexity index is 1030. The predicted molar refractivity (Wildman–Crippen MR) is 113 cm³/mol. The van der Waals surface area contributed by atoms with Crippen LogP contribution in [0.5, 0.6) is 5.75 Å². The zero-order valence-corrected chi connectivity index (χ0v) is 16.9. The minimum Gasteiger partial charge on any atom is -0.494 e. The number of aromatic nitrogens is 3. The Morgan fingerprint density at radius 2 is 2.17 bits per heavy atom. The molecule has 1 aliphatic heterocycles. The second-order valence-electron chi connectivity index (χ2n) is 7.22. The minimum absolute atomic E-state index is 0.188. The molecule has 7 nitrogen and oxygen atoms in total. The van der Waals surface area contributed by atoms with Gasteiger partial charge in [0.25, 0.3) is 0 Å². The Labute approximate surface area is 169 Å². The topological polar surface area (TPSA) is 75.2 Å². The van der Waals surface area contributed by atoms with E-state index in [1.807, 2.05) is 0 Å². The van der Waals surface area contributed by atoms with E-state index in [1.54, 1.807) is 37.5 Å². The molecule has 1 fully saturated rings. The number of nitrogens with zero attached hydrogens (tertiary/aromatic N) is 4. The standard InChI is InChI=1S/C21H25FN6O/c1-23-21-25-11-13-10-16(15-7-4-8-17(29-3)18(15)22)26-20(19(13)27-21)24-12-14-6-5-9-28(14)2/h4,7-8,10-11,14H,5-6,9,12H2,1-3H3,(H,24,26)(H,23,25,27). The summed E-state index contributed by atoms with van der Waals surface area (Å²) in [5.74, 6) is 0.893. The number of nitrogens with one attached hydrogen (secondary N) is 2. The Kier molecular flexibility index (Phi) is 5.44. The number of likely N-dealkylation sites (tertiary alicyclic amines) is 1. The molecule has 0 spiro atoms. The van der Waals surface area contributed by atoms with Gasteiger partial charge in [0.15, 0.2) is 17.4 Å². The van der Waals surface area contributed by atoms with E-state index in [9.17, 15) is 4.39 Å². The van der Waals surface area contributed by atoms with Gasteiger partial charge in [-0.15, -0.1) is 0 Å². The normalized spacial score (nSPS) is 16.9. The van der Waals surface area contributed by atoms with Crippen molar-refractivity contribution in [3.63, 3.8) is 0 Å². The molecule has 1 aromatic carbocycles. The van der Waals surface area contributed by atoms with Crippen molar-refractivity contribution < 1.29 is 9.13 Å². The van der Waals surface area contributed by atoms with Gasteiger partial charge in [0.1, 0.15) is 5.52 Å². The highest BCUT2D eigenvalue weighted by Crippen LogP contribution is 2.32. The molecule has 1 atom stereocenters. The number of likely N-dealkylation sites (N-methyl/N-ethyl adjacent to an activating group) is 1. The lowest BCUT2D eigenvalue weighted by Crippen LogP contribution is -2.31. The summed E-state index contributed by atoms with van der Waals surface area (Å²) >= 11 is 0. The molecule has 1 unspecified atom stereocenters. The van der Waals surface area contributed by atoms with E-state index >= 15 is 0 Å². The van der Waals surface area contributed by atoms with E-state index in [2.05, 4.69) is 32.5 Å². The fraction of sp³-hybridized carbons (Fsp3) is 0.381. The molecule has 0 bridgehead atoms. The predicted octanol–water partition coefficient (Wildman–Crippen LogP) is 3.39. The Morgan fingerprint density at radius 1 is 1.31 bits per heavy atom. The molecule has 2 N–H and O–H groups in total. The van der Waals surface area contributed by atoms with Crippen molar-refractivity contribution >= 4 is 22.7 Å². The highest BCUT2D eigenvalue weighted by molar-refractivity contribution is 5.91. The second kappa shape index (κ2) is 8.16. The summed E-state index contributed by atoms with van der Waals surface area (Å²) in [6.45, 7) is 1.85. The largest absolute Gasteiger partial charge is 0.494 e. The summed E-state index contributed by atoms with van der Waals surface area (Å²) in [4.78, 5) is 15.9. The van der Waals surface area contributed by atoms with E-state index in [4.69, 9.17) is 9.72 Å². The Hall–Kier alpha value is -3.00. The molecular weight excluding hydrogens is 371 g/mol. The molecule has 0 aliphatic carbocycles. The van der Waals surface area contributed by atoms with Crippen LogP contribution in [0.3, 0.4) is 0 Å². The lowest BCUT2D eigenvalue weighted by molar-refractivity contribution is 0.322. The fourth-order valence-electron chi connectivity index (χ4n) is 3.74. The molecular formula is C21H25FN6O. The maximum atomic E-state index is 14.9. The van der Waals surface area contributed by atoms with Crippen molar-refractivity contribution in [1.82, 2.24) is 19.9 Å². The van der Waals surface area contributed by atoms with Crippen LogP contribution in [0.15, 0.2) is 30.5 Å². The first-order valence-corrected chi connectivity index (χ1v) is 9.73. The van der Waals surface area contributed by atoms with Gasteiger partial charge in [0.05, 0.1) is 12.8 Å². The molecule has 0 saturated carbocycles. The molecule has 0 radical (unpaired) electrons. The number of anilines is 2. The molecule has 0 amide bonds. The monoisotopic (exact) mass is 396 g/mol. The minimum atomic E-state index is -0.434. The smallest absolute Gasteiger partial charge is 0.223 e. The van der Waals surface area contributed by atoms with Crippen LogP contribution in [0.4, 0.5) is 16.2 Å². The number of fused-ring (bicyclic) bond motifs is 1. The maximum absolute atomic E-state index is 14.9. The number of methoxy groups -OCH3 is 1. The molecule has 1 saturated heterocycles. The van der Waals surface area contributed by atoms with E-state index in [-0.39, 0.29) is 5.75 Å². The van der Waals surface area contributed by atoms with Crippen molar-refractivity contribution in [1.29, 1.82) is 0 Å². The van der Waals surface area contributed by atoms with Crippen LogP contribution in [-0.4, -0.2) is 60.2 Å². The first-order valence-electron chi connectivity index (χ1n) is 9.73. The first-order chi connectivity index (χ1) is 14.1. The summed E-state index contributed by atoms with van der Waals surface area (Å²) in [6.07, 6.45) is 4.06. The van der Waals surface area contributed by atoms with Crippen LogP contribution in [0.2, 0.25) is 0 Å². The average Bonchev–Trinajstić information content (AvgIpc) is 3.16. The molecule has 4 rings (SSSR count). The summed E-state index contributed by atoms with van der Waals surface area (Å²) in [6, 6.07) is 7.29. The maximum Gasteiger partial charge on any atom is 0.223 e. The van der Waals surface area contributed by atoms with Gasteiger partial charge in [0.2, 0.25) is 5.95 Å². The van der Waals surface area contributed by atoms with Gasteiger partial charge < -0.3 is 20.3 Å². The van der Waals surface area contributed by atoms with Crippen LogP contribution in [0, 0.1) is 5.82 Å². The van der Waals surface area contributed by atoms with Gasteiger partial charge in [-0.3, -0.25) is 0 Å². The summed E-state index contributed by atoms with van der Waals surface area (Å²) in [5, 5.41) is 7.19. The number of benzene rings is 1. The quantitative estimate of drug-likeness (QED) is 0.661. The van der Waals surface area contributed by atoms with Crippen molar-refractivity contribution in [2.75, 3.05) is 44.9 Å². The summed E-state index contributed by atoms with van der Waals surface area (Å²) < 4.78 is 20.0. The molecule has 3 heterocycles. The molecule has 2 aromatic heterocycles. The zero-order valence-electron chi connectivity index (χ0n) is 16.9. The molecule has 3 aromatic rings. The van der Waals surface area contributed by atoms with Crippen LogP contribution in [0.25, 0.3) is 22.2 Å². The molecule has 1 aliphatic rings. The first kappa shape index (κ1) is 19.3. The zero-order chi connectivity index (χ0) is 20.4. The number of hydrogen-bond acceptors (Lipinski definition) is 7. The van der Waals surface area contributed by atoms with Crippen molar-refractivity contribution in [3.05, 3.63) is 36.3 Å². The van der Waals surface area contributed by atoms with Crippen LogP contribution in [0.1, 0.15) is 12.8 Å². The van der Waals surface area contributed by atoms with Crippen molar-refractivity contribution in [2.24, 2.45) is 0 Å². The number of rotatable bonds is 6. The van der Waals surface area contributed by atoms with Crippen LogP contribution in [-0.2, 0) is 0 Å². The van der Waals surface area contributed by atoms with Crippen LogP contribution < -0.4 is 15.4 Å². The van der Waals surface area contributed by atoms with E-state index < -0.39 is 5.82 Å². The number of halogens is 1. The van der Waals surface area contributed by atoms with Gasteiger partial charge in [-0.25, -0.2) is 19.3 Å². The molecule has 152 valence electrons. The lowest BCUT2D eigenvalue weighted by Gasteiger charge is -2.20. The third-order valence-corrected chi connectivity index (χ3v) is 5.43. The van der Waals surface area contributed by atoms with Crippen molar-refractivity contribution in [3.8, 4) is 17.0 Å². The summed E-state index contributed by atoms with van der Waals surface area (Å²) in [5.41, 5.74) is 1.60. The second-order valence-corrected chi connectivity index (χ2v) is 7.22. The van der Waals surface area contributed by atoms with Crippen LogP contribution >= 0.6 is 0 Å². The van der Waals surface area contributed by atoms with E-state index in [0.29, 0.717) is 34.6 Å². The SMILES string of the molecule is CNc1ncc2cc(-c3cccc(OC)c3F)nc(NCC3CCCN3C)c2n1. The molecule has 29 heavy (non-hydrogen) atoms. The Morgan fingerprint density at radius 3 is 2.90 bits per heavy atom. The third-order valence-electron chi connectivity index (χ3n) is 5.43. The van der Waals surface area contributed by atoms with Gasteiger partial charge >= 0.3 is 0 Å². The van der Waals surface area contributed by atoms with Crippen molar-refractivity contribution in [2.45, 2.75) is 18.9 Å². The van der Waals surface area contributed by atoms with Gasteiger partial charge in [-0.2, -0.15) is 0 Å². The van der Waals surface area contributed by atoms with Gasteiger partial charge in [-0.05, 0) is 44.6 Å². The van der Waals surface area contributed by atoms with E-state index in [1.165, 1.54) is 13.5 Å². The van der Waals surface area contributed by atoms with Gasteiger partial charge in [-0.1, -0.05) is 6.07 Å². The average molecular weight is 396 g/mol. The number of ether oxygens (including phenoxy) is 1. The summed E-state index contributed by atoms with van der Waals surface area (Å²) in [7, 11) is 5.36. The number of hydrogen-bond donors (Lipinski definition) is 2.